The van der Waals surface area contributed by atoms with Gasteiger partial charge in [-0.3, -0.25) is 4.99 Å². The Hall–Kier alpha value is -1.63. The van der Waals surface area contributed by atoms with Crippen molar-refractivity contribution in [2.24, 2.45) is 10.9 Å². The summed E-state index contributed by atoms with van der Waals surface area (Å²) in [7, 11) is 7.79. The second-order valence-electron chi connectivity index (χ2n) is 6.99. The van der Waals surface area contributed by atoms with Crippen LogP contribution >= 0.6 is 0 Å². The van der Waals surface area contributed by atoms with E-state index in [1.807, 2.05) is 7.05 Å². The number of likely N-dealkylation sites (N-methyl/N-ethyl adjacent to an activating group) is 1. The molecule has 0 aromatic heterocycles. The highest BCUT2D eigenvalue weighted by atomic mass is 16.5. The zero-order valence-electron chi connectivity index (χ0n) is 16.6. The minimum absolute atomic E-state index is 0.309. The van der Waals surface area contributed by atoms with Crippen LogP contribution in [0, 0.1) is 5.92 Å². The third-order valence-electron chi connectivity index (χ3n) is 4.84. The smallest absolute Gasteiger partial charge is 0.193 e. The summed E-state index contributed by atoms with van der Waals surface area (Å²) in [4.78, 5) is 9.07. The fourth-order valence-corrected chi connectivity index (χ4v) is 3.35. The molecule has 146 valence electrons. The molecular formula is C20H34N4O2. The third-order valence-corrected chi connectivity index (χ3v) is 4.84. The van der Waals surface area contributed by atoms with Crippen LogP contribution in [-0.4, -0.2) is 83.5 Å². The summed E-state index contributed by atoms with van der Waals surface area (Å²) < 4.78 is 10.7. The van der Waals surface area contributed by atoms with Crippen LogP contribution in [-0.2, 0) is 9.47 Å². The Morgan fingerprint density at radius 2 is 2.08 bits per heavy atom. The van der Waals surface area contributed by atoms with E-state index < -0.39 is 0 Å². The van der Waals surface area contributed by atoms with Gasteiger partial charge < -0.3 is 24.6 Å². The average Bonchev–Trinajstić information content (AvgIpc) is 3.11. The molecule has 1 aromatic carbocycles. The predicted molar refractivity (Wildman–Crippen MR) is 107 cm³/mol. The molecule has 26 heavy (non-hydrogen) atoms. The summed E-state index contributed by atoms with van der Waals surface area (Å²) >= 11 is 0. The number of benzene rings is 1. The summed E-state index contributed by atoms with van der Waals surface area (Å²) in [5.74, 6) is 1.54. The second-order valence-corrected chi connectivity index (χ2v) is 6.99. The highest BCUT2D eigenvalue weighted by Crippen LogP contribution is 2.19. The van der Waals surface area contributed by atoms with Crippen LogP contribution in [0.25, 0.3) is 0 Å². The lowest BCUT2D eigenvalue weighted by molar-refractivity contribution is 0.0536. The molecule has 0 saturated carbocycles. The first-order valence-corrected chi connectivity index (χ1v) is 9.39. The van der Waals surface area contributed by atoms with E-state index in [2.05, 4.69) is 64.5 Å². The largest absolute Gasteiger partial charge is 0.382 e. The zero-order chi connectivity index (χ0) is 18.8. The first-order valence-electron chi connectivity index (χ1n) is 9.39. The van der Waals surface area contributed by atoms with Gasteiger partial charge in [0.2, 0.25) is 0 Å². The number of rotatable bonds is 9. The zero-order valence-corrected chi connectivity index (χ0v) is 16.6. The van der Waals surface area contributed by atoms with Gasteiger partial charge in [0, 0.05) is 39.7 Å². The van der Waals surface area contributed by atoms with Gasteiger partial charge in [-0.25, -0.2) is 0 Å². The molecule has 0 spiro atoms. The SMILES string of the molecule is CN=C(NCC(c1ccccc1)N(C)C)N1CCC(COCCOC)C1. The lowest BCUT2D eigenvalue weighted by atomic mass is 10.1. The van der Waals surface area contributed by atoms with Crippen molar-refractivity contribution in [2.45, 2.75) is 12.5 Å². The first kappa shape index (κ1) is 20.7. The fraction of sp³-hybridized carbons (Fsp3) is 0.650. The maximum Gasteiger partial charge on any atom is 0.193 e. The van der Waals surface area contributed by atoms with Crippen molar-refractivity contribution >= 4 is 5.96 Å². The van der Waals surface area contributed by atoms with Crippen LogP contribution in [0.15, 0.2) is 35.3 Å². The van der Waals surface area contributed by atoms with Crippen LogP contribution in [0.4, 0.5) is 0 Å². The molecule has 1 aliphatic rings. The minimum Gasteiger partial charge on any atom is -0.382 e. The topological polar surface area (TPSA) is 49.3 Å². The van der Waals surface area contributed by atoms with Gasteiger partial charge in [-0.15, -0.1) is 0 Å². The van der Waals surface area contributed by atoms with Crippen molar-refractivity contribution < 1.29 is 9.47 Å². The molecule has 0 amide bonds. The predicted octanol–water partition coefficient (Wildman–Crippen LogP) is 1.85. The van der Waals surface area contributed by atoms with Crippen molar-refractivity contribution in [2.75, 3.05) is 67.7 Å². The minimum atomic E-state index is 0.309. The average molecular weight is 363 g/mol. The summed E-state index contributed by atoms with van der Waals surface area (Å²) in [6, 6.07) is 10.9. The Kier molecular flexibility index (Phi) is 8.88. The molecule has 2 unspecified atom stereocenters. The lowest BCUT2D eigenvalue weighted by Gasteiger charge is -2.28. The fourth-order valence-electron chi connectivity index (χ4n) is 3.35. The number of ether oxygens (including phenoxy) is 2. The molecule has 2 rings (SSSR count). The molecule has 1 saturated heterocycles. The monoisotopic (exact) mass is 362 g/mol. The molecule has 6 heteroatoms. The summed E-state index contributed by atoms with van der Waals surface area (Å²) in [6.07, 6.45) is 1.14. The van der Waals surface area contributed by atoms with Gasteiger partial charge in [0.05, 0.1) is 25.9 Å². The molecule has 1 fully saturated rings. The van der Waals surface area contributed by atoms with Gasteiger partial charge in [0.15, 0.2) is 5.96 Å². The number of methoxy groups -OCH3 is 1. The van der Waals surface area contributed by atoms with Crippen LogP contribution in [0.1, 0.15) is 18.0 Å². The number of hydrogen-bond donors (Lipinski definition) is 1. The number of likely N-dealkylation sites (tertiary alicyclic amines) is 1. The Bertz CT molecular complexity index is 536. The summed E-state index contributed by atoms with van der Waals surface area (Å²) in [5, 5.41) is 3.56. The normalized spacial score (nSPS) is 19.2. The first-order chi connectivity index (χ1) is 12.7. The molecular weight excluding hydrogens is 328 g/mol. The Morgan fingerprint density at radius 1 is 1.31 bits per heavy atom. The lowest BCUT2D eigenvalue weighted by Crippen LogP contribution is -2.43. The Labute approximate surface area is 158 Å². The van der Waals surface area contributed by atoms with E-state index in [0.717, 1.165) is 38.6 Å². The maximum absolute atomic E-state index is 5.69. The van der Waals surface area contributed by atoms with E-state index >= 15 is 0 Å². The van der Waals surface area contributed by atoms with Gasteiger partial charge >= 0.3 is 0 Å². The van der Waals surface area contributed by atoms with Gasteiger partial charge in [0.25, 0.3) is 0 Å². The molecule has 0 aliphatic carbocycles. The van der Waals surface area contributed by atoms with Crippen molar-refractivity contribution in [3.63, 3.8) is 0 Å². The van der Waals surface area contributed by atoms with Gasteiger partial charge in [-0.1, -0.05) is 30.3 Å². The molecule has 1 aliphatic heterocycles. The molecule has 1 N–H and O–H groups in total. The van der Waals surface area contributed by atoms with Crippen molar-refractivity contribution in [1.82, 2.24) is 15.1 Å². The standard InChI is InChI=1S/C20H34N4O2/c1-21-20(24-11-10-17(15-24)16-26-13-12-25-4)22-14-19(23(2)3)18-8-6-5-7-9-18/h5-9,17,19H,10-16H2,1-4H3,(H,21,22). The summed E-state index contributed by atoms with van der Waals surface area (Å²) in [6.45, 7) is 4.96. The van der Waals surface area contributed by atoms with E-state index in [1.54, 1.807) is 7.11 Å². The molecule has 6 nitrogen and oxygen atoms in total. The van der Waals surface area contributed by atoms with Crippen molar-refractivity contribution in [3.8, 4) is 0 Å². The molecule has 0 radical (unpaired) electrons. The van der Waals surface area contributed by atoms with Gasteiger partial charge in [0.1, 0.15) is 0 Å². The highest BCUT2D eigenvalue weighted by Gasteiger charge is 2.25. The van der Waals surface area contributed by atoms with Crippen molar-refractivity contribution in [1.29, 1.82) is 0 Å². The number of nitrogens with zero attached hydrogens (tertiary/aromatic N) is 3. The van der Waals surface area contributed by atoms with Crippen LogP contribution in [0.3, 0.4) is 0 Å². The molecule has 0 bridgehead atoms. The second kappa shape index (κ2) is 11.2. The van der Waals surface area contributed by atoms with Crippen LogP contribution in [0.5, 0.6) is 0 Å². The number of guanidine groups is 1. The highest BCUT2D eigenvalue weighted by molar-refractivity contribution is 5.80. The third kappa shape index (κ3) is 6.27. The number of nitrogens with one attached hydrogen (secondary N) is 1. The Morgan fingerprint density at radius 3 is 2.73 bits per heavy atom. The molecule has 1 aromatic rings. The van der Waals surface area contributed by atoms with E-state index in [1.165, 1.54) is 5.56 Å². The van der Waals surface area contributed by atoms with E-state index in [9.17, 15) is 0 Å². The van der Waals surface area contributed by atoms with Crippen LogP contribution < -0.4 is 5.32 Å². The van der Waals surface area contributed by atoms with E-state index in [-0.39, 0.29) is 0 Å². The maximum atomic E-state index is 5.69. The van der Waals surface area contributed by atoms with E-state index in [4.69, 9.17) is 9.47 Å². The molecule has 2 atom stereocenters. The number of hydrogen-bond acceptors (Lipinski definition) is 4. The van der Waals surface area contributed by atoms with Gasteiger partial charge in [-0.2, -0.15) is 0 Å². The van der Waals surface area contributed by atoms with E-state index in [0.29, 0.717) is 25.2 Å². The van der Waals surface area contributed by atoms with Gasteiger partial charge in [-0.05, 0) is 26.1 Å². The quantitative estimate of drug-likeness (QED) is 0.413. The van der Waals surface area contributed by atoms with Crippen LogP contribution in [0.2, 0.25) is 0 Å². The Balaban J connectivity index is 1.83. The summed E-state index contributed by atoms with van der Waals surface area (Å²) in [5.41, 5.74) is 1.31. The number of aliphatic imine (C=N–C) groups is 1. The molecule has 1 heterocycles. The van der Waals surface area contributed by atoms with Crippen molar-refractivity contribution in [3.05, 3.63) is 35.9 Å².